The van der Waals surface area contributed by atoms with E-state index in [1.165, 1.54) is 28.3 Å². The van der Waals surface area contributed by atoms with E-state index in [9.17, 15) is 0 Å². The highest BCUT2D eigenvalue weighted by atomic mass is 32.1. The second kappa shape index (κ2) is 9.55. The van der Waals surface area contributed by atoms with Gasteiger partial charge in [0.15, 0.2) is 11.5 Å². The van der Waals surface area contributed by atoms with Gasteiger partial charge in [0.05, 0.1) is 34.3 Å². The standard InChI is InChI=1S/C18H26N2O2S/c1-20(2)10-5-9-19-13-15-7-8-17(18(12-15)21-3)22-14-16-6-4-11-23-16/h4,6-8,11-12,19H,5,9-10,13-14H2,1-3H3/p+2. The summed E-state index contributed by atoms with van der Waals surface area (Å²) in [7, 11) is 6.08. The summed E-state index contributed by atoms with van der Waals surface area (Å²) in [6, 6.07) is 10.3. The smallest absolute Gasteiger partial charge is 0.161 e. The third-order valence-electron chi connectivity index (χ3n) is 3.64. The van der Waals surface area contributed by atoms with E-state index in [4.69, 9.17) is 9.47 Å². The van der Waals surface area contributed by atoms with Crippen LogP contribution in [0.2, 0.25) is 0 Å². The summed E-state index contributed by atoms with van der Waals surface area (Å²) < 4.78 is 11.3. The van der Waals surface area contributed by atoms with E-state index in [0.717, 1.165) is 24.6 Å². The number of quaternary nitrogens is 2. The van der Waals surface area contributed by atoms with Crippen molar-refractivity contribution < 1.29 is 19.7 Å². The number of hydrogen-bond acceptors (Lipinski definition) is 3. The third-order valence-corrected chi connectivity index (χ3v) is 4.49. The van der Waals surface area contributed by atoms with Gasteiger partial charge >= 0.3 is 0 Å². The van der Waals surface area contributed by atoms with Crippen molar-refractivity contribution in [1.29, 1.82) is 0 Å². The van der Waals surface area contributed by atoms with Crippen LogP contribution in [0.4, 0.5) is 0 Å². The molecule has 0 bridgehead atoms. The minimum absolute atomic E-state index is 0.590. The largest absolute Gasteiger partial charge is 0.493 e. The maximum Gasteiger partial charge on any atom is 0.161 e. The Morgan fingerprint density at radius 2 is 2.04 bits per heavy atom. The van der Waals surface area contributed by atoms with Gasteiger partial charge in [-0.3, -0.25) is 0 Å². The van der Waals surface area contributed by atoms with Crippen LogP contribution in [-0.4, -0.2) is 34.3 Å². The Balaban J connectivity index is 1.83. The first-order chi connectivity index (χ1) is 11.2. The molecule has 0 atom stereocenters. The Kier molecular flexibility index (Phi) is 7.39. The summed E-state index contributed by atoms with van der Waals surface area (Å²) in [5.41, 5.74) is 1.27. The minimum Gasteiger partial charge on any atom is -0.493 e. The minimum atomic E-state index is 0.590. The summed E-state index contributed by atoms with van der Waals surface area (Å²) in [5.74, 6) is 1.62. The first-order valence-electron chi connectivity index (χ1n) is 8.12. The number of benzene rings is 1. The normalized spacial score (nSPS) is 11.0. The second-order valence-corrected chi connectivity index (χ2v) is 6.98. The van der Waals surface area contributed by atoms with Gasteiger partial charge in [0.2, 0.25) is 0 Å². The zero-order valence-electron chi connectivity index (χ0n) is 14.3. The number of thiophene rings is 1. The van der Waals surface area contributed by atoms with Gasteiger partial charge in [-0.05, 0) is 29.6 Å². The van der Waals surface area contributed by atoms with Crippen molar-refractivity contribution in [2.75, 3.05) is 34.3 Å². The Bertz CT molecular complexity index is 570. The number of nitrogens with one attached hydrogen (secondary N) is 1. The molecule has 0 saturated carbocycles. The number of nitrogens with two attached hydrogens (primary N) is 1. The highest BCUT2D eigenvalue weighted by Gasteiger charge is 2.07. The SMILES string of the molecule is COc1cc(C[NH2+]CCC[NH+](C)C)ccc1OCc1cccs1. The fraction of sp³-hybridized carbons (Fsp3) is 0.444. The van der Waals surface area contributed by atoms with E-state index < -0.39 is 0 Å². The van der Waals surface area contributed by atoms with Gasteiger partial charge in [-0.1, -0.05) is 6.07 Å². The molecule has 2 rings (SSSR count). The molecule has 0 saturated heterocycles. The van der Waals surface area contributed by atoms with Crippen LogP contribution >= 0.6 is 11.3 Å². The lowest BCUT2D eigenvalue weighted by Gasteiger charge is -2.11. The molecule has 0 unspecified atom stereocenters. The van der Waals surface area contributed by atoms with Crippen molar-refractivity contribution in [1.82, 2.24) is 0 Å². The van der Waals surface area contributed by atoms with Crippen LogP contribution in [0.1, 0.15) is 16.9 Å². The summed E-state index contributed by atoms with van der Waals surface area (Å²) in [5, 5.41) is 4.41. The maximum absolute atomic E-state index is 5.87. The van der Waals surface area contributed by atoms with E-state index >= 15 is 0 Å². The van der Waals surface area contributed by atoms with Crippen molar-refractivity contribution >= 4 is 11.3 Å². The van der Waals surface area contributed by atoms with E-state index in [-0.39, 0.29) is 0 Å². The first-order valence-corrected chi connectivity index (χ1v) is 9.00. The van der Waals surface area contributed by atoms with Crippen LogP contribution in [0.5, 0.6) is 11.5 Å². The van der Waals surface area contributed by atoms with Crippen molar-refractivity contribution in [2.24, 2.45) is 0 Å². The molecule has 0 spiro atoms. The van der Waals surface area contributed by atoms with Gasteiger partial charge in [0.25, 0.3) is 0 Å². The van der Waals surface area contributed by atoms with Gasteiger partial charge in [0.1, 0.15) is 13.2 Å². The zero-order chi connectivity index (χ0) is 16.5. The van der Waals surface area contributed by atoms with E-state index in [2.05, 4.69) is 43.0 Å². The Hall–Kier alpha value is -1.56. The predicted molar refractivity (Wildman–Crippen MR) is 94.4 cm³/mol. The van der Waals surface area contributed by atoms with Gasteiger partial charge < -0.3 is 19.7 Å². The molecule has 0 aliphatic heterocycles. The topological polar surface area (TPSA) is 39.5 Å². The molecule has 0 aliphatic rings. The van der Waals surface area contributed by atoms with E-state index in [1.807, 2.05) is 12.1 Å². The lowest BCUT2D eigenvalue weighted by molar-refractivity contribution is -0.860. The van der Waals surface area contributed by atoms with Crippen LogP contribution in [0.3, 0.4) is 0 Å². The Morgan fingerprint density at radius 1 is 1.17 bits per heavy atom. The van der Waals surface area contributed by atoms with Crippen molar-refractivity contribution in [2.45, 2.75) is 19.6 Å². The van der Waals surface area contributed by atoms with Gasteiger partial charge in [-0.2, -0.15) is 0 Å². The molecule has 126 valence electrons. The molecule has 3 N–H and O–H groups in total. The van der Waals surface area contributed by atoms with Crippen molar-refractivity contribution in [3.05, 3.63) is 46.2 Å². The Morgan fingerprint density at radius 3 is 2.74 bits per heavy atom. The fourth-order valence-corrected chi connectivity index (χ4v) is 2.99. The van der Waals surface area contributed by atoms with Gasteiger partial charge in [-0.15, -0.1) is 11.3 Å². The monoisotopic (exact) mass is 336 g/mol. The number of hydrogen-bond donors (Lipinski definition) is 2. The molecule has 0 amide bonds. The highest BCUT2D eigenvalue weighted by molar-refractivity contribution is 7.09. The molecule has 1 aromatic carbocycles. The maximum atomic E-state index is 5.87. The first kappa shape index (κ1) is 17.8. The molecule has 4 nitrogen and oxygen atoms in total. The molecule has 1 heterocycles. The summed E-state index contributed by atoms with van der Waals surface area (Å²) >= 11 is 1.70. The van der Waals surface area contributed by atoms with Crippen LogP contribution in [0.25, 0.3) is 0 Å². The highest BCUT2D eigenvalue weighted by Crippen LogP contribution is 2.29. The number of ether oxygens (including phenoxy) is 2. The summed E-state index contributed by atoms with van der Waals surface area (Å²) in [6.45, 7) is 3.94. The fourth-order valence-electron chi connectivity index (χ4n) is 2.37. The molecule has 0 aliphatic carbocycles. The van der Waals surface area contributed by atoms with Crippen LogP contribution < -0.4 is 19.7 Å². The molecule has 0 fully saturated rings. The average Bonchev–Trinajstić information content (AvgIpc) is 3.06. The van der Waals surface area contributed by atoms with E-state index in [0.29, 0.717) is 6.61 Å². The second-order valence-electron chi connectivity index (χ2n) is 5.95. The molecular weight excluding hydrogens is 308 g/mol. The van der Waals surface area contributed by atoms with Crippen LogP contribution in [0.15, 0.2) is 35.7 Å². The van der Waals surface area contributed by atoms with Crippen molar-refractivity contribution in [3.63, 3.8) is 0 Å². The van der Waals surface area contributed by atoms with E-state index in [1.54, 1.807) is 18.4 Å². The van der Waals surface area contributed by atoms with Crippen LogP contribution in [-0.2, 0) is 13.2 Å². The third kappa shape index (κ3) is 6.22. The molecule has 0 radical (unpaired) electrons. The molecule has 2 aromatic rings. The lowest BCUT2D eigenvalue weighted by atomic mass is 10.2. The van der Waals surface area contributed by atoms with Gasteiger partial charge in [0, 0.05) is 16.9 Å². The number of rotatable bonds is 10. The average molecular weight is 337 g/mol. The lowest BCUT2D eigenvalue weighted by Crippen LogP contribution is -3.06. The molecule has 1 aromatic heterocycles. The summed E-state index contributed by atoms with van der Waals surface area (Å²) in [6.07, 6.45) is 1.24. The van der Waals surface area contributed by atoms with Gasteiger partial charge in [-0.25, -0.2) is 0 Å². The van der Waals surface area contributed by atoms with Crippen molar-refractivity contribution in [3.8, 4) is 11.5 Å². The predicted octanol–water partition coefficient (Wildman–Crippen LogP) is 0.934. The quantitative estimate of drug-likeness (QED) is 0.634. The zero-order valence-corrected chi connectivity index (χ0v) is 15.1. The molecular formula is C18H28N2O2S+2. The molecule has 23 heavy (non-hydrogen) atoms. The number of methoxy groups -OCH3 is 1. The van der Waals surface area contributed by atoms with Crippen LogP contribution in [0, 0.1) is 0 Å². The summed E-state index contributed by atoms with van der Waals surface area (Å²) in [4.78, 5) is 2.72. The Labute approximate surface area is 143 Å². The molecule has 5 heteroatoms.